The minimum Gasteiger partial charge on any atom is -0.391 e. The van der Waals surface area contributed by atoms with Crippen LogP contribution in [0.25, 0.3) is 10.4 Å². The Labute approximate surface area is 211 Å². The van der Waals surface area contributed by atoms with Gasteiger partial charge in [-0.15, -0.1) is 23.7 Å². The van der Waals surface area contributed by atoms with Crippen molar-refractivity contribution in [2.24, 2.45) is 11.1 Å². The van der Waals surface area contributed by atoms with E-state index in [1.807, 2.05) is 33.2 Å². The van der Waals surface area contributed by atoms with E-state index in [0.717, 1.165) is 41.0 Å². The summed E-state index contributed by atoms with van der Waals surface area (Å²) in [4.78, 5) is 33.4. The van der Waals surface area contributed by atoms with Gasteiger partial charge in [-0.25, -0.2) is 4.98 Å². The molecule has 1 aromatic heterocycles. The monoisotopic (exact) mass is 506 g/mol. The lowest BCUT2D eigenvalue weighted by molar-refractivity contribution is -0.142. The van der Waals surface area contributed by atoms with Gasteiger partial charge in [0.15, 0.2) is 0 Å². The molecular formula is C25H35ClN4O3S. The number of nitrogens with zero attached hydrogens (tertiary/aromatic N) is 2. The Hall–Kier alpha value is -2.00. The topological polar surface area (TPSA) is 109 Å². The summed E-state index contributed by atoms with van der Waals surface area (Å²) in [5, 5.41) is 13.5. The third-order valence-corrected chi connectivity index (χ3v) is 8.06. The van der Waals surface area contributed by atoms with Crippen molar-refractivity contribution in [2.45, 2.75) is 77.1 Å². The fraction of sp³-hybridized carbons (Fsp3) is 0.560. The molecule has 1 saturated carbocycles. The zero-order valence-corrected chi connectivity index (χ0v) is 21.8. The molecular weight excluding hydrogens is 472 g/mol. The van der Waals surface area contributed by atoms with Crippen molar-refractivity contribution in [3.05, 3.63) is 41.0 Å². The first-order chi connectivity index (χ1) is 15.5. The molecule has 7 nitrogen and oxygen atoms in total. The summed E-state index contributed by atoms with van der Waals surface area (Å²) in [6.07, 6.45) is 2.23. The van der Waals surface area contributed by atoms with Gasteiger partial charge in [-0.05, 0) is 42.7 Å². The van der Waals surface area contributed by atoms with Crippen molar-refractivity contribution in [3.8, 4) is 10.4 Å². The lowest BCUT2D eigenvalue weighted by atomic mass is 9.71. The summed E-state index contributed by atoms with van der Waals surface area (Å²) in [5.41, 5.74) is 10.4. The summed E-state index contributed by atoms with van der Waals surface area (Å²) in [6.45, 7) is 7.84. The highest BCUT2D eigenvalue weighted by Gasteiger charge is 2.46. The van der Waals surface area contributed by atoms with E-state index < -0.39 is 29.1 Å². The van der Waals surface area contributed by atoms with E-state index in [9.17, 15) is 14.7 Å². The van der Waals surface area contributed by atoms with Crippen LogP contribution in [0.15, 0.2) is 29.8 Å². The van der Waals surface area contributed by atoms with Crippen molar-refractivity contribution in [2.75, 3.05) is 6.54 Å². The molecule has 2 amide bonds. The molecule has 1 unspecified atom stereocenters. The Morgan fingerprint density at radius 2 is 1.91 bits per heavy atom. The minimum atomic E-state index is -0.737. The number of aliphatic hydroxyl groups is 1. The Bertz CT molecular complexity index is 1030. The van der Waals surface area contributed by atoms with Gasteiger partial charge in [0, 0.05) is 13.0 Å². The number of β-amino-alcohol motifs (C(OH)–C–C–N with tert-alkyl or cyclic N) is 1. The summed E-state index contributed by atoms with van der Waals surface area (Å²) < 4.78 is 0. The third kappa shape index (κ3) is 5.00. The van der Waals surface area contributed by atoms with Crippen molar-refractivity contribution in [1.29, 1.82) is 0 Å². The van der Waals surface area contributed by atoms with Crippen molar-refractivity contribution >= 4 is 35.6 Å². The number of rotatable bonds is 5. The maximum atomic E-state index is 13.4. The zero-order chi connectivity index (χ0) is 24.0. The molecule has 3 atom stereocenters. The van der Waals surface area contributed by atoms with E-state index in [-0.39, 0.29) is 37.2 Å². The molecule has 0 radical (unpaired) electrons. The Morgan fingerprint density at radius 1 is 1.26 bits per heavy atom. The van der Waals surface area contributed by atoms with Crippen LogP contribution >= 0.6 is 23.7 Å². The predicted octanol–water partition coefficient (Wildman–Crippen LogP) is 3.37. The van der Waals surface area contributed by atoms with E-state index in [1.54, 1.807) is 11.3 Å². The van der Waals surface area contributed by atoms with E-state index in [0.29, 0.717) is 0 Å². The number of aromatic nitrogens is 1. The largest absolute Gasteiger partial charge is 0.391 e. The average Bonchev–Trinajstić information content (AvgIpc) is 3.34. The number of thiazole rings is 1. The van der Waals surface area contributed by atoms with Crippen LogP contribution in [-0.4, -0.2) is 51.5 Å². The maximum Gasteiger partial charge on any atom is 0.243 e. The first-order valence-corrected chi connectivity index (χ1v) is 12.5. The van der Waals surface area contributed by atoms with Gasteiger partial charge in [-0.2, -0.15) is 0 Å². The van der Waals surface area contributed by atoms with Crippen LogP contribution in [0, 0.1) is 12.3 Å². The lowest BCUT2D eigenvalue weighted by Crippen LogP contribution is -2.58. The lowest BCUT2D eigenvalue weighted by Gasteiger charge is -2.44. The number of amides is 2. The van der Waals surface area contributed by atoms with Crippen LogP contribution in [0.5, 0.6) is 0 Å². The van der Waals surface area contributed by atoms with Crippen LogP contribution in [0.1, 0.15) is 57.7 Å². The standard InChI is InChI=1S/C25H34N4O3S.ClH/c1-15-20(33-14-27-15)16-6-8-17(9-7-16)25(10-5-11-25)28-22(31)19-12-18(30)13-29(19)23(32)21(26)24(2,3)4;/h6-9,14,18-19,21,30H,5,10-13,26H2,1-4H3,(H,28,31);1H/t18-,19+,21?;/m1./s1. The summed E-state index contributed by atoms with van der Waals surface area (Å²) >= 11 is 1.62. The highest BCUT2D eigenvalue weighted by Crippen LogP contribution is 2.42. The second kappa shape index (κ2) is 9.93. The van der Waals surface area contributed by atoms with Crippen LogP contribution < -0.4 is 11.1 Å². The predicted molar refractivity (Wildman–Crippen MR) is 137 cm³/mol. The number of carbonyl (C=O) groups excluding carboxylic acids is 2. The van der Waals surface area contributed by atoms with Crippen molar-refractivity contribution < 1.29 is 14.7 Å². The number of carbonyl (C=O) groups is 2. The van der Waals surface area contributed by atoms with Crippen molar-refractivity contribution in [1.82, 2.24) is 15.2 Å². The highest BCUT2D eigenvalue weighted by molar-refractivity contribution is 7.13. The van der Waals surface area contributed by atoms with E-state index in [4.69, 9.17) is 5.73 Å². The molecule has 4 N–H and O–H groups in total. The molecule has 9 heteroatoms. The van der Waals surface area contributed by atoms with Gasteiger partial charge in [0.2, 0.25) is 11.8 Å². The van der Waals surface area contributed by atoms with E-state index in [1.165, 1.54) is 4.90 Å². The number of likely N-dealkylation sites (tertiary alicyclic amines) is 1. The summed E-state index contributed by atoms with van der Waals surface area (Å²) in [6, 6.07) is 6.88. The SMILES string of the molecule is Cc1ncsc1-c1ccc(C2(NC(=O)[C@@H]3C[C@@H](O)CN3C(=O)C(N)C(C)(C)C)CCC2)cc1.Cl. The number of nitrogens with two attached hydrogens (primary N) is 1. The molecule has 1 aromatic carbocycles. The van der Waals surface area contributed by atoms with Gasteiger partial charge in [0.25, 0.3) is 0 Å². The second-order valence-electron chi connectivity index (χ2n) is 10.5. The van der Waals surface area contributed by atoms with Gasteiger partial charge in [-0.1, -0.05) is 45.0 Å². The van der Waals surface area contributed by atoms with E-state index >= 15 is 0 Å². The van der Waals surface area contributed by atoms with Gasteiger partial charge < -0.3 is 21.1 Å². The fourth-order valence-corrected chi connectivity index (χ4v) is 5.52. The molecule has 1 aliphatic heterocycles. The van der Waals surface area contributed by atoms with Crippen molar-refractivity contribution in [3.63, 3.8) is 0 Å². The minimum absolute atomic E-state index is 0. The van der Waals surface area contributed by atoms with Crippen LogP contribution in [0.3, 0.4) is 0 Å². The number of halogens is 1. The third-order valence-electron chi connectivity index (χ3n) is 7.08. The summed E-state index contributed by atoms with van der Waals surface area (Å²) in [5.74, 6) is -0.505. The quantitative estimate of drug-likeness (QED) is 0.576. The number of aliphatic hydroxyl groups excluding tert-OH is 1. The Kier molecular flexibility index (Phi) is 7.77. The smallest absolute Gasteiger partial charge is 0.243 e. The molecule has 1 aliphatic carbocycles. The molecule has 1 saturated heterocycles. The second-order valence-corrected chi connectivity index (χ2v) is 11.4. The molecule has 4 rings (SSSR count). The number of aryl methyl sites for hydroxylation is 1. The van der Waals surface area contributed by atoms with Gasteiger partial charge in [-0.3, -0.25) is 9.59 Å². The van der Waals surface area contributed by atoms with Gasteiger partial charge in [0.05, 0.1) is 33.8 Å². The fourth-order valence-electron chi connectivity index (χ4n) is 4.71. The van der Waals surface area contributed by atoms with E-state index in [2.05, 4.69) is 34.6 Å². The number of nitrogens with one attached hydrogen (secondary N) is 1. The van der Waals surface area contributed by atoms with Crippen LogP contribution in [-0.2, 0) is 15.1 Å². The molecule has 0 spiro atoms. The number of benzene rings is 1. The van der Waals surface area contributed by atoms with Crippen LogP contribution in [0.4, 0.5) is 0 Å². The molecule has 2 aliphatic rings. The molecule has 0 bridgehead atoms. The Morgan fingerprint density at radius 3 is 2.41 bits per heavy atom. The first kappa shape index (κ1) is 26.6. The normalized spacial score (nSPS) is 22.5. The average molecular weight is 507 g/mol. The molecule has 34 heavy (non-hydrogen) atoms. The van der Waals surface area contributed by atoms with Crippen LogP contribution in [0.2, 0.25) is 0 Å². The zero-order valence-electron chi connectivity index (χ0n) is 20.2. The van der Waals surface area contributed by atoms with Gasteiger partial charge in [0.1, 0.15) is 6.04 Å². The number of hydrogen-bond acceptors (Lipinski definition) is 6. The van der Waals surface area contributed by atoms with Gasteiger partial charge >= 0.3 is 0 Å². The number of hydrogen-bond donors (Lipinski definition) is 3. The molecule has 2 aromatic rings. The molecule has 2 heterocycles. The summed E-state index contributed by atoms with van der Waals surface area (Å²) in [7, 11) is 0. The Balaban J connectivity index is 0.00000324. The maximum absolute atomic E-state index is 13.4. The highest BCUT2D eigenvalue weighted by atomic mass is 35.5. The molecule has 2 fully saturated rings. The first-order valence-electron chi connectivity index (χ1n) is 11.6. The molecule has 186 valence electrons.